The van der Waals surface area contributed by atoms with Crippen LogP contribution in [0.2, 0.25) is 0 Å². The molecule has 0 spiro atoms. The summed E-state index contributed by atoms with van der Waals surface area (Å²) in [7, 11) is 4.28. The lowest BCUT2D eigenvalue weighted by atomic mass is 9.75. The largest absolute Gasteiger partial charge is 0.395 e. The standard InChI is InChI=1S/C9H20N2O/c1-11(2)9(4-3-5-9)8-10-6-7-12/h10,12H,3-8H2,1-2H3. The molecule has 2 N–H and O–H groups in total. The lowest BCUT2D eigenvalue weighted by Gasteiger charge is -2.47. The second-order valence-electron chi connectivity index (χ2n) is 3.87. The molecule has 0 bridgehead atoms. The molecule has 0 radical (unpaired) electrons. The van der Waals surface area contributed by atoms with Crippen molar-refractivity contribution in [2.24, 2.45) is 0 Å². The van der Waals surface area contributed by atoms with Crippen molar-refractivity contribution in [2.75, 3.05) is 33.8 Å². The molecule has 1 fully saturated rings. The zero-order valence-electron chi connectivity index (χ0n) is 8.14. The van der Waals surface area contributed by atoms with E-state index in [1.165, 1.54) is 19.3 Å². The number of hydrogen-bond donors (Lipinski definition) is 2. The maximum absolute atomic E-state index is 8.62. The summed E-state index contributed by atoms with van der Waals surface area (Å²) in [6.07, 6.45) is 3.93. The highest BCUT2D eigenvalue weighted by Gasteiger charge is 2.38. The highest BCUT2D eigenvalue weighted by Crippen LogP contribution is 2.35. The summed E-state index contributed by atoms with van der Waals surface area (Å²) in [5.74, 6) is 0. The number of hydrogen-bond acceptors (Lipinski definition) is 3. The third-order valence-electron chi connectivity index (χ3n) is 2.98. The zero-order valence-corrected chi connectivity index (χ0v) is 8.14. The van der Waals surface area contributed by atoms with Gasteiger partial charge >= 0.3 is 0 Å². The van der Waals surface area contributed by atoms with E-state index in [1.807, 2.05) is 0 Å². The Balaban J connectivity index is 2.25. The van der Waals surface area contributed by atoms with Gasteiger partial charge in [-0.15, -0.1) is 0 Å². The molecule has 1 aliphatic carbocycles. The van der Waals surface area contributed by atoms with Crippen molar-refractivity contribution < 1.29 is 5.11 Å². The summed E-state index contributed by atoms with van der Waals surface area (Å²) in [5, 5.41) is 11.9. The average Bonchev–Trinajstić information content (AvgIpc) is 1.94. The van der Waals surface area contributed by atoms with Crippen LogP contribution in [-0.2, 0) is 0 Å². The van der Waals surface area contributed by atoms with Crippen molar-refractivity contribution in [1.29, 1.82) is 0 Å². The maximum atomic E-state index is 8.62. The minimum absolute atomic E-state index is 0.240. The number of nitrogens with one attached hydrogen (secondary N) is 1. The van der Waals surface area contributed by atoms with Gasteiger partial charge in [0.25, 0.3) is 0 Å². The molecule has 72 valence electrons. The molecule has 0 atom stereocenters. The van der Waals surface area contributed by atoms with Crippen LogP contribution in [0.4, 0.5) is 0 Å². The van der Waals surface area contributed by atoms with Crippen molar-refractivity contribution in [3.8, 4) is 0 Å². The van der Waals surface area contributed by atoms with Crippen molar-refractivity contribution in [1.82, 2.24) is 10.2 Å². The lowest BCUT2D eigenvalue weighted by molar-refractivity contribution is 0.0591. The van der Waals surface area contributed by atoms with Crippen LogP contribution in [0.1, 0.15) is 19.3 Å². The molecule has 0 amide bonds. The number of rotatable bonds is 5. The van der Waals surface area contributed by atoms with Gasteiger partial charge in [-0.3, -0.25) is 0 Å². The molecule has 1 saturated carbocycles. The third kappa shape index (κ3) is 1.97. The van der Waals surface area contributed by atoms with Gasteiger partial charge in [0, 0.05) is 18.6 Å². The van der Waals surface area contributed by atoms with Gasteiger partial charge in [-0.2, -0.15) is 0 Å². The van der Waals surface area contributed by atoms with E-state index in [1.54, 1.807) is 0 Å². The Hall–Kier alpha value is -0.120. The monoisotopic (exact) mass is 172 g/mol. The Morgan fingerprint density at radius 3 is 2.42 bits per heavy atom. The van der Waals surface area contributed by atoms with Crippen LogP contribution < -0.4 is 5.32 Å². The fourth-order valence-electron chi connectivity index (χ4n) is 1.77. The highest BCUT2D eigenvalue weighted by atomic mass is 16.3. The van der Waals surface area contributed by atoms with Gasteiger partial charge in [-0.25, -0.2) is 0 Å². The van der Waals surface area contributed by atoms with Crippen LogP contribution in [0, 0.1) is 0 Å². The smallest absolute Gasteiger partial charge is 0.0555 e. The van der Waals surface area contributed by atoms with Crippen molar-refractivity contribution in [2.45, 2.75) is 24.8 Å². The van der Waals surface area contributed by atoms with Gasteiger partial charge in [0.05, 0.1) is 6.61 Å². The van der Waals surface area contributed by atoms with Crippen LogP contribution in [0.25, 0.3) is 0 Å². The van der Waals surface area contributed by atoms with Crippen molar-refractivity contribution >= 4 is 0 Å². The lowest BCUT2D eigenvalue weighted by Crippen LogP contribution is -2.56. The number of nitrogens with zero attached hydrogens (tertiary/aromatic N) is 1. The summed E-state index contributed by atoms with van der Waals surface area (Å²) in [6.45, 7) is 1.97. The summed E-state index contributed by atoms with van der Waals surface area (Å²) in [5.41, 5.74) is 0.384. The van der Waals surface area contributed by atoms with Gasteiger partial charge in [0.2, 0.25) is 0 Å². The fourth-order valence-corrected chi connectivity index (χ4v) is 1.77. The molecular formula is C9H20N2O. The van der Waals surface area contributed by atoms with Crippen LogP contribution in [0.15, 0.2) is 0 Å². The third-order valence-corrected chi connectivity index (χ3v) is 2.98. The van der Waals surface area contributed by atoms with Crippen molar-refractivity contribution in [3.05, 3.63) is 0 Å². The molecule has 3 nitrogen and oxygen atoms in total. The molecule has 0 aromatic heterocycles. The predicted molar refractivity (Wildman–Crippen MR) is 50.2 cm³/mol. The number of likely N-dealkylation sites (N-methyl/N-ethyl adjacent to an activating group) is 1. The van der Waals surface area contributed by atoms with E-state index in [4.69, 9.17) is 5.11 Å². The van der Waals surface area contributed by atoms with Crippen LogP contribution >= 0.6 is 0 Å². The molecule has 0 saturated heterocycles. The first-order valence-corrected chi connectivity index (χ1v) is 4.70. The molecular weight excluding hydrogens is 152 g/mol. The van der Waals surface area contributed by atoms with Crippen LogP contribution in [-0.4, -0.2) is 49.3 Å². The Bertz CT molecular complexity index is 132. The molecule has 0 unspecified atom stereocenters. The molecule has 12 heavy (non-hydrogen) atoms. The molecule has 1 aliphatic rings. The van der Waals surface area contributed by atoms with E-state index in [0.717, 1.165) is 13.1 Å². The van der Waals surface area contributed by atoms with E-state index in [-0.39, 0.29) is 6.61 Å². The van der Waals surface area contributed by atoms with Gasteiger partial charge in [-0.05, 0) is 33.4 Å². The highest BCUT2D eigenvalue weighted by molar-refractivity contribution is 4.97. The minimum Gasteiger partial charge on any atom is -0.395 e. The SMILES string of the molecule is CN(C)C1(CNCCO)CCC1. The minimum atomic E-state index is 0.240. The Labute approximate surface area is 74.8 Å². The summed E-state index contributed by atoms with van der Waals surface area (Å²) < 4.78 is 0. The van der Waals surface area contributed by atoms with E-state index < -0.39 is 0 Å². The normalized spacial score (nSPS) is 21.0. The van der Waals surface area contributed by atoms with Gasteiger partial charge in [0.15, 0.2) is 0 Å². The average molecular weight is 172 g/mol. The molecule has 3 heteroatoms. The van der Waals surface area contributed by atoms with Crippen molar-refractivity contribution in [3.63, 3.8) is 0 Å². The maximum Gasteiger partial charge on any atom is 0.0555 e. The first kappa shape index (κ1) is 9.96. The molecule has 0 aromatic carbocycles. The quantitative estimate of drug-likeness (QED) is 0.575. The summed E-state index contributed by atoms with van der Waals surface area (Å²) in [6, 6.07) is 0. The second-order valence-corrected chi connectivity index (χ2v) is 3.87. The van der Waals surface area contributed by atoms with Gasteiger partial charge in [-0.1, -0.05) is 0 Å². The first-order valence-electron chi connectivity index (χ1n) is 4.70. The zero-order chi connectivity index (χ0) is 9.03. The Morgan fingerprint density at radius 1 is 1.42 bits per heavy atom. The van der Waals surface area contributed by atoms with Gasteiger partial charge in [0.1, 0.15) is 0 Å². The van der Waals surface area contributed by atoms with Crippen LogP contribution in [0.5, 0.6) is 0 Å². The summed E-state index contributed by atoms with van der Waals surface area (Å²) >= 11 is 0. The van der Waals surface area contributed by atoms with E-state index in [9.17, 15) is 0 Å². The molecule has 1 rings (SSSR count). The molecule has 0 heterocycles. The van der Waals surface area contributed by atoms with E-state index in [0.29, 0.717) is 5.54 Å². The molecule has 0 aromatic rings. The Kier molecular flexibility index (Phi) is 3.50. The first-order chi connectivity index (χ1) is 5.71. The molecule has 0 aliphatic heterocycles. The van der Waals surface area contributed by atoms with E-state index in [2.05, 4.69) is 24.3 Å². The fraction of sp³-hybridized carbons (Fsp3) is 1.00. The second kappa shape index (κ2) is 4.21. The van der Waals surface area contributed by atoms with Crippen LogP contribution in [0.3, 0.4) is 0 Å². The number of aliphatic hydroxyl groups is 1. The number of aliphatic hydroxyl groups excluding tert-OH is 1. The predicted octanol–water partition coefficient (Wildman–Crippen LogP) is 0.0526. The summed E-state index contributed by atoms with van der Waals surface area (Å²) in [4.78, 5) is 2.31. The van der Waals surface area contributed by atoms with Gasteiger partial charge < -0.3 is 15.3 Å². The topological polar surface area (TPSA) is 35.5 Å². The van der Waals surface area contributed by atoms with E-state index >= 15 is 0 Å². The Morgan fingerprint density at radius 2 is 2.08 bits per heavy atom.